The van der Waals surface area contributed by atoms with Gasteiger partial charge in [-0.2, -0.15) is 0 Å². The molecule has 0 aromatic heterocycles. The number of allylic oxidation sites excluding steroid dienone is 2. The number of imide groups is 1. The number of carbonyl (C=O) groups is 4. The molecule has 1 aliphatic heterocycles. The van der Waals surface area contributed by atoms with Crippen LogP contribution in [0.5, 0.6) is 5.75 Å². The van der Waals surface area contributed by atoms with Gasteiger partial charge in [0.05, 0.1) is 24.5 Å². The van der Waals surface area contributed by atoms with Gasteiger partial charge in [0.2, 0.25) is 11.8 Å². The molecule has 7 heteroatoms. The van der Waals surface area contributed by atoms with Crippen molar-refractivity contribution >= 4 is 23.8 Å². The third-order valence-corrected chi connectivity index (χ3v) is 4.76. The molecule has 2 amide bonds. The minimum atomic E-state index is -1.01. The molecule has 2 aliphatic rings. The van der Waals surface area contributed by atoms with Gasteiger partial charge in [0.1, 0.15) is 11.8 Å². The standard InChI is InChI=1S/C19H19NO6/c1-11(20-16(21)14-5-3-4-6-15(14)17(20)22)18(23)26-13-9-7-12(8-10-13)19(24)25-2/h3-4,7-11,14-15H,5-6H2,1-2H3/t11-,14+,15+/m0/s1. The molecule has 0 radical (unpaired) electrons. The maximum Gasteiger partial charge on any atom is 0.337 e. The molecule has 1 aromatic carbocycles. The Morgan fingerprint density at radius 3 is 2.08 bits per heavy atom. The van der Waals surface area contributed by atoms with E-state index in [-0.39, 0.29) is 29.4 Å². The molecule has 0 saturated carbocycles. The molecule has 1 heterocycles. The molecule has 0 spiro atoms. The van der Waals surface area contributed by atoms with Crippen LogP contribution in [0, 0.1) is 11.8 Å². The lowest BCUT2D eigenvalue weighted by Gasteiger charge is -2.21. The summed E-state index contributed by atoms with van der Waals surface area (Å²) in [7, 11) is 1.27. The van der Waals surface area contributed by atoms with Gasteiger partial charge >= 0.3 is 11.9 Å². The minimum Gasteiger partial charge on any atom is -0.465 e. The Kier molecular flexibility index (Phi) is 4.88. The predicted octanol–water partition coefficient (Wildman–Crippen LogP) is 1.72. The van der Waals surface area contributed by atoms with Gasteiger partial charge < -0.3 is 9.47 Å². The van der Waals surface area contributed by atoms with Gasteiger partial charge in [0.25, 0.3) is 0 Å². The quantitative estimate of drug-likeness (QED) is 0.353. The highest BCUT2D eigenvalue weighted by Crippen LogP contribution is 2.36. The van der Waals surface area contributed by atoms with E-state index in [1.165, 1.54) is 38.3 Å². The van der Waals surface area contributed by atoms with E-state index in [4.69, 9.17) is 4.74 Å². The average molecular weight is 357 g/mol. The van der Waals surface area contributed by atoms with Gasteiger partial charge in [-0.25, -0.2) is 9.59 Å². The molecule has 3 rings (SSSR count). The number of nitrogens with zero attached hydrogens (tertiary/aromatic N) is 1. The van der Waals surface area contributed by atoms with Crippen LogP contribution in [0.3, 0.4) is 0 Å². The first-order chi connectivity index (χ1) is 12.4. The molecule has 1 aromatic rings. The average Bonchev–Trinajstić information content (AvgIpc) is 2.92. The summed E-state index contributed by atoms with van der Waals surface area (Å²) >= 11 is 0. The highest BCUT2D eigenvalue weighted by molar-refractivity contribution is 6.08. The zero-order chi connectivity index (χ0) is 18.8. The molecule has 3 atom stereocenters. The summed E-state index contributed by atoms with van der Waals surface area (Å²) < 4.78 is 9.85. The number of esters is 2. The Morgan fingerprint density at radius 2 is 1.58 bits per heavy atom. The Balaban J connectivity index is 1.69. The maximum atomic E-state index is 12.5. The van der Waals surface area contributed by atoms with Gasteiger partial charge in [-0.3, -0.25) is 14.5 Å². The molecule has 136 valence electrons. The van der Waals surface area contributed by atoms with Gasteiger partial charge in [0, 0.05) is 0 Å². The number of methoxy groups -OCH3 is 1. The van der Waals surface area contributed by atoms with Gasteiger partial charge in [-0.05, 0) is 44.0 Å². The zero-order valence-electron chi connectivity index (χ0n) is 14.5. The summed E-state index contributed by atoms with van der Waals surface area (Å²) in [6.07, 6.45) is 4.81. The Bertz CT molecular complexity index is 756. The van der Waals surface area contributed by atoms with Crippen LogP contribution in [-0.4, -0.2) is 41.8 Å². The van der Waals surface area contributed by atoms with Crippen LogP contribution < -0.4 is 4.74 Å². The number of amides is 2. The normalized spacial score (nSPS) is 22.8. The first kappa shape index (κ1) is 17.8. The van der Waals surface area contributed by atoms with Crippen molar-refractivity contribution in [1.29, 1.82) is 0 Å². The second-order valence-corrected chi connectivity index (χ2v) is 6.32. The SMILES string of the molecule is COC(=O)c1ccc(OC(=O)[C@H](C)N2C(=O)[C@@H]3CC=CC[C@H]3C2=O)cc1. The molecule has 7 nitrogen and oxygen atoms in total. The second kappa shape index (κ2) is 7.11. The van der Waals surface area contributed by atoms with Crippen LogP contribution in [0.4, 0.5) is 0 Å². The number of carbonyl (C=O) groups excluding carboxylic acids is 4. The van der Waals surface area contributed by atoms with Crippen LogP contribution in [0.1, 0.15) is 30.1 Å². The Morgan fingerprint density at radius 1 is 1.04 bits per heavy atom. The lowest BCUT2D eigenvalue weighted by Crippen LogP contribution is -2.45. The van der Waals surface area contributed by atoms with Gasteiger partial charge in [-0.1, -0.05) is 12.2 Å². The van der Waals surface area contributed by atoms with Crippen LogP contribution in [-0.2, 0) is 19.1 Å². The molecule has 0 N–H and O–H groups in total. The third kappa shape index (κ3) is 3.12. The van der Waals surface area contributed by atoms with Gasteiger partial charge in [0.15, 0.2) is 0 Å². The summed E-state index contributed by atoms with van der Waals surface area (Å²) in [5.74, 6) is -2.41. The highest BCUT2D eigenvalue weighted by Gasteiger charge is 2.50. The number of ether oxygens (including phenoxy) is 2. The first-order valence-electron chi connectivity index (χ1n) is 8.36. The molecule has 26 heavy (non-hydrogen) atoms. The summed E-state index contributed by atoms with van der Waals surface area (Å²) in [5, 5.41) is 0. The fraction of sp³-hybridized carbons (Fsp3) is 0.368. The summed E-state index contributed by atoms with van der Waals surface area (Å²) in [5.41, 5.74) is 0.321. The van der Waals surface area contributed by atoms with E-state index < -0.39 is 18.0 Å². The predicted molar refractivity (Wildman–Crippen MR) is 90.1 cm³/mol. The fourth-order valence-electron chi connectivity index (χ4n) is 3.29. The third-order valence-electron chi connectivity index (χ3n) is 4.76. The molecule has 1 saturated heterocycles. The van der Waals surface area contributed by atoms with Crippen molar-refractivity contribution in [2.45, 2.75) is 25.8 Å². The fourth-order valence-corrected chi connectivity index (χ4v) is 3.29. The van der Waals surface area contributed by atoms with Crippen molar-refractivity contribution in [3.05, 3.63) is 42.0 Å². The molecular formula is C19H19NO6. The van der Waals surface area contributed by atoms with Crippen LogP contribution in [0.25, 0.3) is 0 Å². The van der Waals surface area contributed by atoms with E-state index in [9.17, 15) is 19.2 Å². The number of rotatable bonds is 4. The van der Waals surface area contributed by atoms with Crippen LogP contribution >= 0.6 is 0 Å². The minimum absolute atomic E-state index is 0.215. The van der Waals surface area contributed by atoms with Crippen molar-refractivity contribution in [2.75, 3.05) is 7.11 Å². The Hall–Kier alpha value is -2.96. The van der Waals surface area contributed by atoms with E-state index in [0.29, 0.717) is 18.4 Å². The number of fused-ring (bicyclic) bond motifs is 1. The summed E-state index contributed by atoms with van der Waals surface area (Å²) in [6.45, 7) is 1.48. The number of likely N-dealkylation sites (tertiary alicyclic amines) is 1. The lowest BCUT2D eigenvalue weighted by atomic mass is 9.85. The van der Waals surface area contributed by atoms with Crippen molar-refractivity contribution < 1.29 is 28.7 Å². The molecule has 0 bridgehead atoms. The van der Waals surface area contributed by atoms with E-state index in [0.717, 1.165) is 4.90 Å². The number of hydrogen-bond acceptors (Lipinski definition) is 6. The lowest BCUT2D eigenvalue weighted by molar-refractivity contribution is -0.152. The van der Waals surface area contributed by atoms with Crippen molar-refractivity contribution in [1.82, 2.24) is 4.90 Å². The van der Waals surface area contributed by atoms with E-state index in [1.54, 1.807) is 0 Å². The molecule has 0 unspecified atom stereocenters. The number of benzene rings is 1. The maximum absolute atomic E-state index is 12.5. The topological polar surface area (TPSA) is 90.0 Å². The summed E-state index contributed by atoms with van der Waals surface area (Å²) in [6, 6.07) is 4.82. The van der Waals surface area contributed by atoms with Crippen LogP contribution in [0.15, 0.2) is 36.4 Å². The molecule has 1 aliphatic carbocycles. The Labute approximate surface area is 150 Å². The molecular weight excluding hydrogens is 338 g/mol. The van der Waals surface area contributed by atoms with E-state index in [1.807, 2.05) is 12.2 Å². The number of hydrogen-bond donors (Lipinski definition) is 0. The monoisotopic (exact) mass is 357 g/mol. The van der Waals surface area contributed by atoms with Gasteiger partial charge in [-0.15, -0.1) is 0 Å². The second-order valence-electron chi connectivity index (χ2n) is 6.32. The molecule has 1 fully saturated rings. The van der Waals surface area contributed by atoms with Crippen molar-refractivity contribution in [3.63, 3.8) is 0 Å². The summed E-state index contributed by atoms with van der Waals surface area (Å²) in [4.78, 5) is 49.9. The van der Waals surface area contributed by atoms with Crippen molar-refractivity contribution in [3.8, 4) is 5.75 Å². The van der Waals surface area contributed by atoms with E-state index >= 15 is 0 Å². The first-order valence-corrected chi connectivity index (χ1v) is 8.36. The smallest absolute Gasteiger partial charge is 0.337 e. The van der Waals surface area contributed by atoms with Crippen molar-refractivity contribution in [2.24, 2.45) is 11.8 Å². The largest absolute Gasteiger partial charge is 0.465 e. The highest BCUT2D eigenvalue weighted by atomic mass is 16.5. The zero-order valence-corrected chi connectivity index (χ0v) is 14.5. The van der Waals surface area contributed by atoms with E-state index in [2.05, 4.69) is 4.74 Å². The van der Waals surface area contributed by atoms with Crippen LogP contribution in [0.2, 0.25) is 0 Å².